The summed E-state index contributed by atoms with van der Waals surface area (Å²) in [5, 5.41) is 23.6. The van der Waals surface area contributed by atoms with Crippen molar-refractivity contribution in [2.45, 2.75) is 24.5 Å². The first-order chi connectivity index (χ1) is 13.8. The molecule has 0 aliphatic carbocycles. The second-order valence-electron chi connectivity index (χ2n) is 6.37. The van der Waals surface area contributed by atoms with Gasteiger partial charge in [0.15, 0.2) is 23.2 Å². The molecule has 0 bridgehead atoms. The van der Waals surface area contributed by atoms with Gasteiger partial charge in [-0.1, -0.05) is 18.2 Å². The van der Waals surface area contributed by atoms with E-state index in [1.807, 2.05) is 30.3 Å². The van der Waals surface area contributed by atoms with E-state index in [4.69, 9.17) is 14.5 Å². The fourth-order valence-corrected chi connectivity index (χ4v) is 3.40. The summed E-state index contributed by atoms with van der Waals surface area (Å²) in [6.07, 6.45) is -2.35. The van der Waals surface area contributed by atoms with E-state index in [0.717, 1.165) is 5.69 Å². The van der Waals surface area contributed by atoms with Gasteiger partial charge in [0, 0.05) is 5.69 Å². The van der Waals surface area contributed by atoms with Gasteiger partial charge in [0.2, 0.25) is 0 Å². The van der Waals surface area contributed by atoms with Crippen LogP contribution in [0.2, 0.25) is 0 Å². The molecule has 2 unspecified atom stereocenters. The van der Waals surface area contributed by atoms with E-state index in [1.54, 1.807) is 0 Å². The predicted octanol–water partition coefficient (Wildman–Crippen LogP) is 0.298. The Labute approximate surface area is 164 Å². The van der Waals surface area contributed by atoms with Gasteiger partial charge in [0.25, 0.3) is 0 Å². The van der Waals surface area contributed by atoms with Crippen molar-refractivity contribution >= 4 is 30.5 Å². The molecule has 0 amide bonds. The molecule has 1 fully saturated rings. The van der Waals surface area contributed by atoms with Gasteiger partial charge in [-0.15, -0.1) is 0 Å². The number of imidazole rings is 1. The van der Waals surface area contributed by atoms with Gasteiger partial charge in [-0.3, -0.25) is 9.09 Å². The number of hydrogen-bond acceptors (Lipinski definition) is 9. The van der Waals surface area contributed by atoms with Crippen LogP contribution in [-0.2, 0) is 13.8 Å². The van der Waals surface area contributed by atoms with Crippen LogP contribution in [-0.4, -0.2) is 64.4 Å². The Morgan fingerprint density at radius 3 is 2.62 bits per heavy atom. The molecule has 3 aromatic rings. The zero-order valence-electron chi connectivity index (χ0n) is 14.8. The van der Waals surface area contributed by atoms with E-state index in [1.165, 1.54) is 17.2 Å². The summed E-state index contributed by atoms with van der Waals surface area (Å²) in [6, 6.07) is 9.33. The maximum atomic E-state index is 10.9. The van der Waals surface area contributed by atoms with Gasteiger partial charge < -0.3 is 30.1 Å². The molecular weight excluding hydrogens is 405 g/mol. The number of phosphoric acid groups is 1. The largest absolute Gasteiger partial charge is 0.469 e. The Bertz CT molecular complexity index is 1040. The van der Waals surface area contributed by atoms with Gasteiger partial charge in [-0.05, 0) is 12.1 Å². The van der Waals surface area contributed by atoms with Crippen molar-refractivity contribution in [2.24, 2.45) is 0 Å². The molecule has 0 radical (unpaired) electrons. The van der Waals surface area contributed by atoms with Crippen LogP contribution < -0.4 is 5.32 Å². The molecule has 0 saturated carbocycles. The minimum atomic E-state index is -4.74. The fourth-order valence-electron chi connectivity index (χ4n) is 3.06. The van der Waals surface area contributed by atoms with Crippen LogP contribution in [0.25, 0.3) is 11.2 Å². The number of anilines is 2. The van der Waals surface area contributed by atoms with Gasteiger partial charge in [-0.25, -0.2) is 19.5 Å². The highest BCUT2D eigenvalue weighted by atomic mass is 31.2. The number of ether oxygens (including phenoxy) is 1. The SMILES string of the molecule is O=P(O)(O)OC[C@H]1O[C@@H](n2cnc3c(Nc4ccccc4)ncnc32)C(O)C1O. The molecule has 1 aliphatic rings. The van der Waals surface area contributed by atoms with Crippen LogP contribution in [0, 0.1) is 0 Å². The summed E-state index contributed by atoms with van der Waals surface area (Å²) in [5.74, 6) is 0.439. The van der Waals surface area contributed by atoms with Crippen LogP contribution >= 0.6 is 7.82 Å². The van der Waals surface area contributed by atoms with Crippen molar-refractivity contribution in [2.75, 3.05) is 11.9 Å². The summed E-state index contributed by atoms with van der Waals surface area (Å²) < 4.78 is 22.2. The maximum Gasteiger partial charge on any atom is 0.469 e. The number of hydrogen-bond donors (Lipinski definition) is 5. The first-order valence-corrected chi connectivity index (χ1v) is 10.1. The van der Waals surface area contributed by atoms with Crippen molar-refractivity contribution in [1.82, 2.24) is 19.5 Å². The minimum Gasteiger partial charge on any atom is -0.387 e. The van der Waals surface area contributed by atoms with E-state index in [9.17, 15) is 14.8 Å². The third-order valence-electron chi connectivity index (χ3n) is 4.41. The smallest absolute Gasteiger partial charge is 0.387 e. The number of aliphatic hydroxyl groups excluding tert-OH is 2. The molecule has 13 heteroatoms. The highest BCUT2D eigenvalue weighted by molar-refractivity contribution is 7.46. The van der Waals surface area contributed by atoms with Crippen molar-refractivity contribution in [1.29, 1.82) is 0 Å². The molecule has 4 atom stereocenters. The van der Waals surface area contributed by atoms with E-state index in [-0.39, 0.29) is 0 Å². The lowest BCUT2D eigenvalue weighted by atomic mass is 10.1. The average molecular weight is 423 g/mol. The molecule has 1 aliphatic heterocycles. The molecule has 29 heavy (non-hydrogen) atoms. The Hall–Kier alpha value is -2.44. The number of benzene rings is 1. The number of fused-ring (bicyclic) bond motifs is 1. The second kappa shape index (κ2) is 7.76. The van der Waals surface area contributed by atoms with Crippen molar-refractivity contribution in [3.8, 4) is 0 Å². The van der Waals surface area contributed by atoms with Crippen molar-refractivity contribution in [3.05, 3.63) is 43.0 Å². The Kier molecular flexibility index (Phi) is 5.32. The third-order valence-corrected chi connectivity index (χ3v) is 4.90. The number of rotatable bonds is 6. The minimum absolute atomic E-state index is 0.339. The highest BCUT2D eigenvalue weighted by Crippen LogP contribution is 2.39. The molecule has 3 heterocycles. The van der Waals surface area contributed by atoms with Gasteiger partial charge in [-0.2, -0.15) is 0 Å². The zero-order chi connectivity index (χ0) is 20.6. The van der Waals surface area contributed by atoms with Gasteiger partial charge >= 0.3 is 7.82 Å². The number of para-hydroxylation sites is 1. The van der Waals surface area contributed by atoms with Crippen LogP contribution in [0.3, 0.4) is 0 Å². The maximum absolute atomic E-state index is 10.9. The van der Waals surface area contributed by atoms with Crippen LogP contribution in [0.4, 0.5) is 11.5 Å². The molecule has 4 rings (SSSR count). The van der Waals surface area contributed by atoms with E-state index < -0.39 is 39.0 Å². The van der Waals surface area contributed by atoms with E-state index in [0.29, 0.717) is 17.0 Å². The fraction of sp³-hybridized carbons (Fsp3) is 0.312. The lowest BCUT2D eigenvalue weighted by Crippen LogP contribution is -2.33. The molecular formula is C16H18N5O7P. The molecule has 2 aromatic heterocycles. The van der Waals surface area contributed by atoms with Crippen molar-refractivity contribution < 1.29 is 33.8 Å². The molecule has 0 spiro atoms. The van der Waals surface area contributed by atoms with E-state index in [2.05, 4.69) is 24.8 Å². The Balaban J connectivity index is 1.60. The number of nitrogens with one attached hydrogen (secondary N) is 1. The van der Waals surface area contributed by atoms with Gasteiger partial charge in [0.05, 0.1) is 12.9 Å². The number of phosphoric ester groups is 1. The Morgan fingerprint density at radius 2 is 1.90 bits per heavy atom. The molecule has 12 nitrogen and oxygen atoms in total. The first-order valence-electron chi connectivity index (χ1n) is 8.55. The van der Waals surface area contributed by atoms with Crippen LogP contribution in [0.15, 0.2) is 43.0 Å². The first kappa shape index (κ1) is 19.9. The van der Waals surface area contributed by atoms with Crippen LogP contribution in [0.5, 0.6) is 0 Å². The number of nitrogens with zero attached hydrogens (tertiary/aromatic N) is 4. The summed E-state index contributed by atoms with van der Waals surface area (Å²) in [7, 11) is -4.74. The predicted molar refractivity (Wildman–Crippen MR) is 99.0 cm³/mol. The lowest BCUT2D eigenvalue weighted by Gasteiger charge is -2.16. The summed E-state index contributed by atoms with van der Waals surface area (Å²) in [4.78, 5) is 30.3. The number of aromatic nitrogens is 4. The molecule has 1 saturated heterocycles. The molecule has 154 valence electrons. The summed E-state index contributed by atoms with van der Waals surface area (Å²) >= 11 is 0. The summed E-state index contributed by atoms with van der Waals surface area (Å²) in [5.41, 5.74) is 1.55. The topological polar surface area (TPSA) is 172 Å². The normalized spacial score (nSPS) is 24.8. The highest BCUT2D eigenvalue weighted by Gasteiger charge is 2.45. The molecule has 5 N–H and O–H groups in total. The zero-order valence-corrected chi connectivity index (χ0v) is 15.7. The van der Waals surface area contributed by atoms with Crippen molar-refractivity contribution in [3.63, 3.8) is 0 Å². The lowest BCUT2D eigenvalue weighted by molar-refractivity contribution is -0.0504. The second-order valence-corrected chi connectivity index (χ2v) is 7.61. The van der Waals surface area contributed by atoms with Gasteiger partial charge in [0.1, 0.15) is 24.6 Å². The van der Waals surface area contributed by atoms with E-state index >= 15 is 0 Å². The average Bonchev–Trinajstić information content (AvgIpc) is 3.23. The summed E-state index contributed by atoms with van der Waals surface area (Å²) in [6.45, 7) is -0.596. The quantitative estimate of drug-likeness (QED) is 0.345. The molecule has 1 aromatic carbocycles. The standard InChI is InChI=1S/C16H18N5O7P/c22-12-10(6-27-29(24,25)26)28-16(13(12)23)21-8-19-11-14(17-7-18-15(11)21)20-9-4-2-1-3-5-9/h1-5,7-8,10,12-13,16,22-23H,6H2,(H,17,18,20)(H2,24,25,26)/t10-,12?,13?,16-/m1/s1. The number of aliphatic hydroxyl groups is 2. The third kappa shape index (κ3) is 4.14. The monoisotopic (exact) mass is 423 g/mol. The Morgan fingerprint density at radius 1 is 1.14 bits per heavy atom. The van der Waals surface area contributed by atoms with Crippen LogP contribution in [0.1, 0.15) is 6.23 Å².